The lowest BCUT2D eigenvalue weighted by Crippen LogP contribution is -2.19. The Labute approximate surface area is 238 Å². The van der Waals surface area contributed by atoms with Crippen molar-refractivity contribution in [3.05, 3.63) is 12.2 Å². The smallest absolute Gasteiger partial charge is 0.481 e. The number of aliphatic carboxylic acids is 2. The van der Waals surface area contributed by atoms with Crippen LogP contribution in [0.1, 0.15) is 73.6 Å². The molecule has 0 aliphatic heterocycles. The molecular formula is C23H58NO11P4+3. The summed E-state index contributed by atoms with van der Waals surface area (Å²) in [5.41, 5.74) is 1.29. The van der Waals surface area contributed by atoms with Crippen LogP contribution >= 0.6 is 31.2 Å². The van der Waals surface area contributed by atoms with E-state index in [0.717, 1.165) is 19.5 Å². The average molecular weight is 649 g/mol. The van der Waals surface area contributed by atoms with Crippen LogP contribution in [-0.2, 0) is 27.8 Å². The van der Waals surface area contributed by atoms with Crippen molar-refractivity contribution >= 4 is 43.2 Å². The topological polar surface area (TPSA) is 240 Å². The van der Waals surface area contributed by atoms with Crippen LogP contribution in [0, 0.1) is 11.8 Å². The normalized spacial score (nSPS) is 13.7. The first-order valence-corrected chi connectivity index (χ1v) is 19.2. The molecule has 39 heavy (non-hydrogen) atoms. The van der Waals surface area contributed by atoms with Crippen molar-refractivity contribution in [3.8, 4) is 0 Å². The summed E-state index contributed by atoms with van der Waals surface area (Å²) in [6, 6.07) is 0. The minimum Gasteiger partial charge on any atom is -0.481 e. The molecule has 5 atom stereocenters. The van der Waals surface area contributed by atoms with Gasteiger partial charge in [-0.3, -0.25) is 18.7 Å². The van der Waals surface area contributed by atoms with Crippen LogP contribution in [0.15, 0.2) is 12.2 Å². The minimum atomic E-state index is -3.41. The molecule has 0 amide bonds. The van der Waals surface area contributed by atoms with Gasteiger partial charge in [-0.1, -0.05) is 57.6 Å². The van der Waals surface area contributed by atoms with Crippen molar-refractivity contribution in [1.29, 1.82) is 0 Å². The van der Waals surface area contributed by atoms with Crippen LogP contribution in [0.5, 0.6) is 0 Å². The van der Waals surface area contributed by atoms with E-state index in [9.17, 15) is 23.3 Å². The van der Waals surface area contributed by atoms with Crippen LogP contribution < -0.4 is 6.15 Å². The molecule has 16 heteroatoms. The molecule has 12 nitrogen and oxygen atoms in total. The van der Waals surface area contributed by atoms with Crippen molar-refractivity contribution < 1.29 is 52.7 Å². The molecule has 0 aromatic carbocycles. The molecule has 238 valence electrons. The van der Waals surface area contributed by atoms with Gasteiger partial charge in [-0.2, -0.15) is 4.89 Å². The fraction of sp³-hybridized carbons (Fsp3) is 0.826. The maximum absolute atomic E-state index is 10.9. The number of carboxylic acids is 2. The standard InChI is InChI=1S/C7H13O6P.C7H17O2P.C6H12.C2H6OP.CH4.H3N.HO2P/c1-14(12,13)4-5(7(10)11)2-3-6(8)9;1-4-5-7(2)6-10(3,8)9;1-4-5-6(2)3;1-4(2)3;;;1-3-2/h5H,2-4H2,1H3,(H,8,9)(H,10,11)(H,12,13);7H,4-6H2,1-3H3,(H,8,9);2,4-5H2,1,3H3;1-2H3;1H4;1H3;3H/q;;;+1;;;/p+2. The molecule has 0 aromatic heterocycles. The predicted octanol–water partition coefficient (Wildman–Crippen LogP) is 7.14. The number of carbonyl (C=O) groups is 2. The molecule has 0 aliphatic carbocycles. The van der Waals surface area contributed by atoms with Crippen LogP contribution in [0.4, 0.5) is 0 Å². The van der Waals surface area contributed by atoms with E-state index in [2.05, 4.69) is 27.4 Å². The monoisotopic (exact) mass is 648 g/mol. The molecule has 0 radical (unpaired) electrons. The van der Waals surface area contributed by atoms with E-state index in [-0.39, 0.29) is 32.6 Å². The molecule has 0 saturated carbocycles. The third-order valence-electron chi connectivity index (χ3n) is 3.72. The lowest BCUT2D eigenvalue weighted by atomic mass is 10.1. The summed E-state index contributed by atoms with van der Waals surface area (Å²) >= 11 is 0. The van der Waals surface area contributed by atoms with Crippen molar-refractivity contribution in [2.75, 3.05) is 39.0 Å². The molecular weight excluding hydrogens is 590 g/mol. The third-order valence-corrected chi connectivity index (χ3v) is 6.14. The number of quaternary nitrogens is 1. The summed E-state index contributed by atoms with van der Waals surface area (Å²) in [7, 11) is -8.20. The third kappa shape index (κ3) is 78.7. The first-order chi connectivity index (χ1) is 16.6. The second-order valence-corrected chi connectivity index (χ2v) is 15.7. The van der Waals surface area contributed by atoms with E-state index in [0.29, 0.717) is 12.1 Å². The van der Waals surface area contributed by atoms with Gasteiger partial charge < -0.3 is 26.2 Å². The van der Waals surface area contributed by atoms with E-state index in [4.69, 9.17) is 29.5 Å². The van der Waals surface area contributed by atoms with Crippen LogP contribution in [0.3, 0.4) is 0 Å². The van der Waals surface area contributed by atoms with Gasteiger partial charge in [0, 0.05) is 32.1 Å². The fourth-order valence-corrected chi connectivity index (χ4v) is 5.08. The second-order valence-electron chi connectivity index (χ2n) is 8.94. The largest absolute Gasteiger partial charge is 0.491 e. The van der Waals surface area contributed by atoms with E-state index in [1.807, 2.05) is 6.92 Å². The van der Waals surface area contributed by atoms with Crippen molar-refractivity contribution in [3.63, 3.8) is 0 Å². The first kappa shape index (κ1) is 54.3. The van der Waals surface area contributed by atoms with E-state index in [1.54, 1.807) is 13.3 Å². The molecule has 0 bridgehead atoms. The molecule has 0 heterocycles. The average Bonchev–Trinajstić information content (AvgIpc) is 2.63. The summed E-state index contributed by atoms with van der Waals surface area (Å²) in [6.07, 6.45) is 4.23. The zero-order valence-electron chi connectivity index (χ0n) is 24.5. The second kappa shape index (κ2) is 33.4. The molecule has 0 fully saturated rings. The van der Waals surface area contributed by atoms with Gasteiger partial charge >= 0.3 is 28.4 Å². The maximum atomic E-state index is 10.9. The lowest BCUT2D eigenvalue weighted by Gasteiger charge is -2.12. The zero-order valence-corrected chi connectivity index (χ0v) is 28.2. The quantitative estimate of drug-likeness (QED) is 0.0917. The van der Waals surface area contributed by atoms with Gasteiger partial charge in [0.05, 0.1) is 5.92 Å². The highest BCUT2D eigenvalue weighted by atomic mass is 31.2. The van der Waals surface area contributed by atoms with Crippen molar-refractivity contribution in [2.45, 2.75) is 73.6 Å². The molecule has 0 saturated heterocycles. The number of allylic oxidation sites excluding steroid dienone is 1. The number of carboxylic acid groups (broad SMARTS) is 2. The summed E-state index contributed by atoms with van der Waals surface area (Å²) in [5, 5.41) is 16.9. The maximum Gasteiger partial charge on any atom is 0.491 e. The summed E-state index contributed by atoms with van der Waals surface area (Å²) in [4.78, 5) is 45.7. The van der Waals surface area contributed by atoms with Gasteiger partial charge in [-0.15, -0.1) is 6.58 Å². The highest BCUT2D eigenvalue weighted by molar-refractivity contribution is 7.57. The Bertz CT molecular complexity index is 734. The Hall–Kier alpha value is -0.820. The predicted molar refractivity (Wildman–Crippen MR) is 166 cm³/mol. The Morgan fingerprint density at radius 1 is 0.949 bits per heavy atom. The molecule has 0 aromatic rings. The Balaban J connectivity index is -0.0000000719. The molecule has 0 rings (SSSR count). The Morgan fingerprint density at radius 3 is 1.49 bits per heavy atom. The van der Waals surface area contributed by atoms with Crippen LogP contribution in [0.25, 0.3) is 0 Å². The Morgan fingerprint density at radius 2 is 1.31 bits per heavy atom. The van der Waals surface area contributed by atoms with Crippen molar-refractivity contribution in [2.24, 2.45) is 11.8 Å². The van der Waals surface area contributed by atoms with Gasteiger partial charge in [0.2, 0.25) is 0 Å². The molecule has 0 aliphatic rings. The molecule has 0 spiro atoms. The Kier molecular flexibility index (Phi) is 46.5. The lowest BCUT2D eigenvalue weighted by molar-refractivity contribution is -0.142. The van der Waals surface area contributed by atoms with Gasteiger partial charge in [0.25, 0.3) is 0 Å². The highest BCUT2D eigenvalue weighted by Crippen LogP contribution is 2.39. The molecule has 5 unspecified atom stereocenters. The van der Waals surface area contributed by atoms with Gasteiger partial charge in [0.1, 0.15) is 13.3 Å². The summed E-state index contributed by atoms with van der Waals surface area (Å²) < 4.78 is 39.9. The van der Waals surface area contributed by atoms with Crippen LogP contribution in [0.2, 0.25) is 0 Å². The number of hydrogen-bond acceptors (Lipinski definition) is 6. The van der Waals surface area contributed by atoms with Gasteiger partial charge in [-0.05, 0) is 30.2 Å². The summed E-state index contributed by atoms with van der Waals surface area (Å²) in [5.74, 6) is -3.01. The molecule has 9 N–H and O–H groups in total. The highest BCUT2D eigenvalue weighted by Gasteiger charge is 2.25. The fourth-order valence-electron chi connectivity index (χ4n) is 2.59. The van der Waals surface area contributed by atoms with Crippen LogP contribution in [-0.4, -0.2) is 75.8 Å². The van der Waals surface area contributed by atoms with Crippen molar-refractivity contribution in [1.82, 2.24) is 6.15 Å². The minimum absolute atomic E-state index is 0. The zero-order chi connectivity index (χ0) is 30.8. The van der Waals surface area contributed by atoms with E-state index < -0.39 is 49.1 Å². The SMILES string of the molecule is C.C=C(C)CCC.CCCC(C)CP(C)(=O)O.CP(=O)(O)CC(CCC(=O)O)C(=O)O.C[P+](C)=O.O=[PH+]O.[NH4+]. The van der Waals surface area contributed by atoms with Gasteiger partial charge in [0.15, 0.2) is 14.7 Å². The summed E-state index contributed by atoms with van der Waals surface area (Å²) in [6.45, 7) is 17.9. The van der Waals surface area contributed by atoms with E-state index >= 15 is 0 Å². The number of hydrogen-bond donors (Lipinski definition) is 6. The van der Waals surface area contributed by atoms with E-state index in [1.165, 1.54) is 25.1 Å². The first-order valence-electron chi connectivity index (χ1n) is 11.6. The number of rotatable bonds is 12. The van der Waals surface area contributed by atoms with Gasteiger partial charge in [-0.25, -0.2) is 0 Å².